The molecular weight excluding hydrogens is 236 g/mol. The summed E-state index contributed by atoms with van der Waals surface area (Å²) in [7, 11) is -0.769. The monoisotopic (exact) mass is 256 g/mol. The maximum Gasteiger partial charge on any atom is 0.168 e. The predicted molar refractivity (Wildman–Crippen MR) is 72.0 cm³/mol. The van der Waals surface area contributed by atoms with Crippen LogP contribution in [0.25, 0.3) is 0 Å². The van der Waals surface area contributed by atoms with Crippen LogP contribution in [0, 0.1) is 0 Å². The zero-order chi connectivity index (χ0) is 12.7. The molecule has 1 heterocycles. The summed E-state index contributed by atoms with van der Waals surface area (Å²) in [4.78, 5) is 4.23. The fraction of sp³-hybridized carbons (Fsp3) is 0.583. The Hall–Kier alpha value is -1.10. The van der Waals surface area contributed by atoms with Crippen LogP contribution in [0.5, 0.6) is 5.75 Å². The molecule has 17 heavy (non-hydrogen) atoms. The number of nitrogens with zero attached hydrogens (tertiary/aromatic N) is 1. The number of anilines is 1. The quantitative estimate of drug-likeness (QED) is 0.811. The Kier molecular flexibility index (Phi) is 5.97. The number of aromatic nitrogens is 1. The van der Waals surface area contributed by atoms with Crippen LogP contribution in [0.15, 0.2) is 18.3 Å². The van der Waals surface area contributed by atoms with E-state index in [2.05, 4.69) is 10.3 Å². The SMILES string of the molecule is CCOc1cccnc1NCCC(C)S(C)=O. The molecule has 0 amide bonds. The van der Waals surface area contributed by atoms with Crippen molar-refractivity contribution in [1.29, 1.82) is 0 Å². The van der Waals surface area contributed by atoms with Gasteiger partial charge in [0.15, 0.2) is 11.6 Å². The molecule has 0 saturated carbocycles. The van der Waals surface area contributed by atoms with Gasteiger partial charge < -0.3 is 10.1 Å². The number of nitrogens with one attached hydrogen (secondary N) is 1. The first-order valence-corrected chi connectivity index (χ1v) is 7.41. The molecule has 2 atom stereocenters. The van der Waals surface area contributed by atoms with E-state index in [1.807, 2.05) is 26.0 Å². The van der Waals surface area contributed by atoms with E-state index in [0.29, 0.717) is 6.61 Å². The first-order chi connectivity index (χ1) is 8.15. The number of hydrogen-bond acceptors (Lipinski definition) is 4. The Labute approximate surface area is 105 Å². The van der Waals surface area contributed by atoms with Gasteiger partial charge >= 0.3 is 0 Å². The van der Waals surface area contributed by atoms with Gasteiger partial charge in [-0.05, 0) is 25.5 Å². The highest BCUT2D eigenvalue weighted by atomic mass is 32.2. The van der Waals surface area contributed by atoms with Crippen molar-refractivity contribution in [3.63, 3.8) is 0 Å². The van der Waals surface area contributed by atoms with Crippen molar-refractivity contribution in [3.05, 3.63) is 18.3 Å². The van der Waals surface area contributed by atoms with E-state index in [4.69, 9.17) is 4.74 Å². The summed E-state index contributed by atoms with van der Waals surface area (Å²) in [5, 5.41) is 3.41. The molecule has 1 aromatic rings. The molecule has 1 aromatic heterocycles. The summed E-state index contributed by atoms with van der Waals surface area (Å²) >= 11 is 0. The Balaban J connectivity index is 2.48. The summed E-state index contributed by atoms with van der Waals surface area (Å²) in [5.41, 5.74) is 0. The molecule has 5 heteroatoms. The van der Waals surface area contributed by atoms with Gasteiger partial charge in [0, 0.05) is 35.0 Å². The predicted octanol–water partition coefficient (Wildman–Crippen LogP) is 2.05. The van der Waals surface area contributed by atoms with E-state index in [9.17, 15) is 4.21 Å². The summed E-state index contributed by atoms with van der Waals surface area (Å²) in [5.74, 6) is 1.52. The Morgan fingerprint density at radius 3 is 3.00 bits per heavy atom. The third-order valence-electron chi connectivity index (χ3n) is 2.48. The van der Waals surface area contributed by atoms with Crippen LogP contribution >= 0.6 is 0 Å². The molecule has 1 N–H and O–H groups in total. The van der Waals surface area contributed by atoms with Crippen LogP contribution in [0.3, 0.4) is 0 Å². The van der Waals surface area contributed by atoms with Crippen LogP contribution in [-0.4, -0.2) is 33.9 Å². The van der Waals surface area contributed by atoms with Gasteiger partial charge in [0.1, 0.15) is 0 Å². The minimum Gasteiger partial charge on any atom is -0.490 e. The molecule has 0 aliphatic carbocycles. The number of ether oxygens (including phenoxy) is 1. The lowest BCUT2D eigenvalue weighted by atomic mass is 10.3. The normalized spacial score (nSPS) is 14.1. The van der Waals surface area contributed by atoms with Gasteiger partial charge in [-0.25, -0.2) is 4.98 Å². The smallest absolute Gasteiger partial charge is 0.168 e. The molecule has 0 spiro atoms. The highest BCUT2D eigenvalue weighted by Gasteiger charge is 2.07. The zero-order valence-electron chi connectivity index (χ0n) is 10.6. The second-order valence-electron chi connectivity index (χ2n) is 3.81. The Morgan fingerprint density at radius 1 is 1.59 bits per heavy atom. The fourth-order valence-corrected chi connectivity index (χ4v) is 1.80. The van der Waals surface area contributed by atoms with Gasteiger partial charge in [0.2, 0.25) is 0 Å². The average Bonchev–Trinajstić information content (AvgIpc) is 2.31. The summed E-state index contributed by atoms with van der Waals surface area (Å²) in [6.45, 7) is 5.30. The molecular formula is C12H20N2O2S. The van der Waals surface area contributed by atoms with Crippen molar-refractivity contribution >= 4 is 16.6 Å². The van der Waals surface area contributed by atoms with E-state index in [-0.39, 0.29) is 5.25 Å². The van der Waals surface area contributed by atoms with E-state index >= 15 is 0 Å². The molecule has 0 aliphatic rings. The van der Waals surface area contributed by atoms with E-state index in [1.54, 1.807) is 12.5 Å². The standard InChI is InChI=1S/C12H20N2O2S/c1-4-16-11-6-5-8-13-12(11)14-9-7-10(2)17(3)15/h5-6,8,10H,4,7,9H2,1-3H3,(H,13,14). The molecule has 0 bridgehead atoms. The number of pyridine rings is 1. The third-order valence-corrected chi connectivity index (χ3v) is 3.85. The molecule has 1 rings (SSSR count). The second kappa shape index (κ2) is 7.27. The molecule has 96 valence electrons. The largest absolute Gasteiger partial charge is 0.490 e. The summed E-state index contributed by atoms with van der Waals surface area (Å²) in [6.07, 6.45) is 4.31. The molecule has 4 nitrogen and oxygen atoms in total. The molecule has 0 aromatic carbocycles. The van der Waals surface area contributed by atoms with Crippen LogP contribution in [0.1, 0.15) is 20.3 Å². The summed E-state index contributed by atoms with van der Waals surface area (Å²) < 4.78 is 16.7. The molecule has 0 fully saturated rings. The van der Waals surface area contributed by atoms with E-state index in [0.717, 1.165) is 24.5 Å². The van der Waals surface area contributed by atoms with Crippen molar-refractivity contribution in [1.82, 2.24) is 4.98 Å². The first-order valence-electron chi connectivity index (χ1n) is 5.79. The highest BCUT2D eigenvalue weighted by molar-refractivity contribution is 7.84. The van der Waals surface area contributed by atoms with Crippen molar-refractivity contribution in [2.24, 2.45) is 0 Å². The van der Waals surface area contributed by atoms with E-state index in [1.165, 1.54) is 0 Å². The van der Waals surface area contributed by atoms with Gasteiger partial charge in [0.25, 0.3) is 0 Å². The van der Waals surface area contributed by atoms with Crippen molar-refractivity contribution < 1.29 is 8.95 Å². The van der Waals surface area contributed by atoms with E-state index < -0.39 is 10.8 Å². The zero-order valence-corrected chi connectivity index (χ0v) is 11.4. The van der Waals surface area contributed by atoms with Gasteiger partial charge in [-0.15, -0.1) is 0 Å². The summed E-state index contributed by atoms with van der Waals surface area (Å²) in [6, 6.07) is 3.74. The maximum atomic E-state index is 11.2. The van der Waals surface area contributed by atoms with Gasteiger partial charge in [-0.2, -0.15) is 0 Å². The Bertz CT molecular complexity index is 371. The number of hydrogen-bond donors (Lipinski definition) is 1. The highest BCUT2D eigenvalue weighted by Crippen LogP contribution is 2.20. The Morgan fingerprint density at radius 2 is 2.35 bits per heavy atom. The fourth-order valence-electron chi connectivity index (χ4n) is 1.36. The topological polar surface area (TPSA) is 51.2 Å². The number of rotatable bonds is 7. The maximum absolute atomic E-state index is 11.2. The first kappa shape index (κ1) is 14.0. The van der Waals surface area contributed by atoms with Crippen LogP contribution in [-0.2, 0) is 10.8 Å². The van der Waals surface area contributed by atoms with Crippen LogP contribution in [0.4, 0.5) is 5.82 Å². The van der Waals surface area contributed by atoms with Crippen molar-refractivity contribution in [2.45, 2.75) is 25.5 Å². The minimum absolute atomic E-state index is 0.196. The van der Waals surface area contributed by atoms with Gasteiger partial charge in [-0.1, -0.05) is 6.92 Å². The molecule has 0 aliphatic heterocycles. The lowest BCUT2D eigenvalue weighted by molar-refractivity contribution is 0.340. The molecule has 0 radical (unpaired) electrons. The molecule has 2 unspecified atom stereocenters. The minimum atomic E-state index is -0.769. The average molecular weight is 256 g/mol. The third kappa shape index (κ3) is 4.73. The lowest BCUT2D eigenvalue weighted by Crippen LogP contribution is -2.15. The lowest BCUT2D eigenvalue weighted by Gasteiger charge is -2.12. The molecule has 0 saturated heterocycles. The van der Waals surface area contributed by atoms with Crippen molar-refractivity contribution in [3.8, 4) is 5.75 Å². The van der Waals surface area contributed by atoms with Gasteiger partial charge in [-0.3, -0.25) is 4.21 Å². The van der Waals surface area contributed by atoms with Crippen molar-refractivity contribution in [2.75, 3.05) is 24.7 Å². The second-order valence-corrected chi connectivity index (χ2v) is 5.61. The van der Waals surface area contributed by atoms with Gasteiger partial charge in [0.05, 0.1) is 6.61 Å². The van der Waals surface area contributed by atoms with Crippen LogP contribution in [0.2, 0.25) is 0 Å². The van der Waals surface area contributed by atoms with Crippen LogP contribution < -0.4 is 10.1 Å².